The summed E-state index contributed by atoms with van der Waals surface area (Å²) in [5.74, 6) is 1.05. The van der Waals surface area contributed by atoms with E-state index in [1.54, 1.807) is 7.05 Å². The number of nitro benzene ring substituents is 1. The lowest BCUT2D eigenvalue weighted by molar-refractivity contribution is -0.385. The molecule has 0 aromatic heterocycles. The molecule has 11 nitrogen and oxygen atoms in total. The molecule has 1 aliphatic rings. The van der Waals surface area contributed by atoms with E-state index < -0.39 is 14.9 Å². The number of aliphatic imine (C=N–C) groups is 1. The highest BCUT2D eigenvalue weighted by Crippen LogP contribution is 2.16. The predicted molar refractivity (Wildman–Crippen MR) is 127 cm³/mol. The molecule has 1 aromatic rings. The van der Waals surface area contributed by atoms with Gasteiger partial charge in [-0.05, 0) is 18.9 Å². The third-order valence-electron chi connectivity index (χ3n) is 4.41. The van der Waals surface area contributed by atoms with E-state index in [0.29, 0.717) is 31.6 Å². The minimum absolute atomic E-state index is 0. The van der Waals surface area contributed by atoms with E-state index in [0.717, 1.165) is 38.7 Å². The fourth-order valence-corrected chi connectivity index (χ4v) is 3.85. The summed E-state index contributed by atoms with van der Waals surface area (Å²) in [6.45, 7) is 4.02. The predicted octanol–water partition coefficient (Wildman–Crippen LogP) is 1.10. The fraction of sp³-hybridized carbons (Fsp3) is 0.611. The normalized spacial score (nSPS) is 16.5. The number of rotatable bonds is 12. The van der Waals surface area contributed by atoms with Gasteiger partial charge in [0.2, 0.25) is 10.0 Å². The van der Waals surface area contributed by atoms with Crippen LogP contribution in [0.1, 0.15) is 12.8 Å². The van der Waals surface area contributed by atoms with E-state index in [1.165, 1.54) is 18.2 Å². The van der Waals surface area contributed by atoms with Gasteiger partial charge >= 0.3 is 0 Å². The van der Waals surface area contributed by atoms with Crippen LogP contribution in [0.25, 0.3) is 0 Å². The third kappa shape index (κ3) is 10.1. The van der Waals surface area contributed by atoms with Gasteiger partial charge in [0.25, 0.3) is 5.69 Å². The van der Waals surface area contributed by atoms with Crippen molar-refractivity contribution in [3.05, 3.63) is 34.4 Å². The largest absolute Gasteiger partial charge is 0.381 e. The molecule has 0 radical (unpaired) electrons. The van der Waals surface area contributed by atoms with E-state index in [9.17, 15) is 18.5 Å². The van der Waals surface area contributed by atoms with Crippen molar-refractivity contribution in [2.75, 3.05) is 53.1 Å². The van der Waals surface area contributed by atoms with Crippen LogP contribution in [0.5, 0.6) is 0 Å². The zero-order valence-electron chi connectivity index (χ0n) is 17.4. The second kappa shape index (κ2) is 14.5. The molecule has 1 aromatic carbocycles. The number of benzene rings is 1. The summed E-state index contributed by atoms with van der Waals surface area (Å²) >= 11 is 0. The van der Waals surface area contributed by atoms with E-state index in [1.807, 2.05) is 0 Å². The maximum absolute atomic E-state index is 12.3. The molecule has 2 rings (SSSR count). The highest BCUT2D eigenvalue weighted by Gasteiger charge is 2.17. The van der Waals surface area contributed by atoms with E-state index in [2.05, 4.69) is 20.3 Å². The van der Waals surface area contributed by atoms with E-state index >= 15 is 0 Å². The Morgan fingerprint density at radius 1 is 1.32 bits per heavy atom. The van der Waals surface area contributed by atoms with Gasteiger partial charge in [0.15, 0.2) is 5.96 Å². The number of halogens is 1. The van der Waals surface area contributed by atoms with Crippen molar-refractivity contribution in [1.29, 1.82) is 0 Å². The zero-order valence-corrected chi connectivity index (χ0v) is 20.6. The number of hydrogen-bond acceptors (Lipinski definition) is 7. The van der Waals surface area contributed by atoms with E-state index in [4.69, 9.17) is 9.47 Å². The topological polar surface area (TPSA) is 144 Å². The molecule has 1 fully saturated rings. The summed E-state index contributed by atoms with van der Waals surface area (Å²) in [6, 6.07) is 4.91. The Labute approximate surface area is 199 Å². The zero-order chi connectivity index (χ0) is 21.8. The van der Waals surface area contributed by atoms with Crippen LogP contribution in [0.4, 0.5) is 5.69 Å². The van der Waals surface area contributed by atoms with Gasteiger partial charge in [-0.2, -0.15) is 0 Å². The second-order valence-corrected chi connectivity index (χ2v) is 8.50. The van der Waals surface area contributed by atoms with Gasteiger partial charge in [-0.3, -0.25) is 15.1 Å². The Bertz CT molecular complexity index is 817. The van der Waals surface area contributed by atoms with Crippen LogP contribution in [0, 0.1) is 16.0 Å². The molecule has 0 bridgehead atoms. The highest BCUT2D eigenvalue weighted by atomic mass is 127. The van der Waals surface area contributed by atoms with Crippen LogP contribution >= 0.6 is 24.0 Å². The highest BCUT2D eigenvalue weighted by molar-refractivity contribution is 14.0. The lowest BCUT2D eigenvalue weighted by atomic mass is 10.1. The number of sulfonamides is 1. The summed E-state index contributed by atoms with van der Waals surface area (Å²) in [7, 11) is -2.21. The number of nitrogens with one attached hydrogen (secondary N) is 3. The molecule has 1 heterocycles. The van der Waals surface area contributed by atoms with Crippen molar-refractivity contribution >= 4 is 45.6 Å². The summed E-state index contributed by atoms with van der Waals surface area (Å²) < 4.78 is 37.9. The van der Waals surface area contributed by atoms with Crippen LogP contribution < -0.4 is 15.4 Å². The molecule has 1 unspecified atom stereocenters. The molecule has 0 spiro atoms. The Morgan fingerprint density at radius 3 is 2.77 bits per heavy atom. The molecule has 31 heavy (non-hydrogen) atoms. The summed E-state index contributed by atoms with van der Waals surface area (Å²) in [5.41, 5.74) is -0.277. The van der Waals surface area contributed by atoms with Crippen molar-refractivity contribution in [3.63, 3.8) is 0 Å². The van der Waals surface area contributed by atoms with Crippen molar-refractivity contribution in [3.8, 4) is 0 Å². The molecule has 1 aliphatic heterocycles. The Hall–Kier alpha value is -1.55. The minimum atomic E-state index is -3.84. The van der Waals surface area contributed by atoms with Crippen LogP contribution in [0.15, 0.2) is 34.2 Å². The maximum atomic E-state index is 12.3. The molecule has 1 saturated heterocycles. The smallest absolute Gasteiger partial charge is 0.270 e. The molecular formula is C18H30IN5O6S. The Morgan fingerprint density at radius 2 is 2.10 bits per heavy atom. The quantitative estimate of drug-likeness (QED) is 0.0846. The maximum Gasteiger partial charge on any atom is 0.270 e. The number of non-ortho nitro benzene ring substituents is 1. The van der Waals surface area contributed by atoms with Gasteiger partial charge in [0.1, 0.15) is 0 Å². The Kier molecular flexibility index (Phi) is 12.9. The molecule has 0 saturated carbocycles. The van der Waals surface area contributed by atoms with Crippen LogP contribution in [0.3, 0.4) is 0 Å². The van der Waals surface area contributed by atoms with Crippen molar-refractivity contribution in [2.45, 2.75) is 17.7 Å². The average Bonchev–Trinajstić information content (AvgIpc) is 3.25. The Balaban J connectivity index is 0.00000480. The fourth-order valence-electron chi connectivity index (χ4n) is 2.78. The van der Waals surface area contributed by atoms with Crippen LogP contribution in [-0.2, 0) is 19.5 Å². The van der Waals surface area contributed by atoms with Gasteiger partial charge in [0, 0.05) is 57.9 Å². The standard InChI is InChI=1S/C18H29N5O6S.HI/c1-19-18(20-7-3-10-28-13-15-6-11-29-14-15)21-8-9-22-30(26,27)17-5-2-4-16(12-17)23(24)25;/h2,4-5,12,15,22H,3,6-11,13-14H2,1H3,(H2,19,20,21);1H. The molecule has 1 atom stereocenters. The monoisotopic (exact) mass is 571 g/mol. The second-order valence-electron chi connectivity index (χ2n) is 6.74. The van der Waals surface area contributed by atoms with Crippen molar-refractivity contribution < 1.29 is 22.8 Å². The number of guanidine groups is 1. The van der Waals surface area contributed by atoms with Crippen molar-refractivity contribution in [1.82, 2.24) is 15.4 Å². The number of ether oxygens (including phenoxy) is 2. The number of hydrogen-bond donors (Lipinski definition) is 3. The van der Waals surface area contributed by atoms with E-state index in [-0.39, 0.29) is 41.1 Å². The summed E-state index contributed by atoms with van der Waals surface area (Å²) in [4.78, 5) is 14.1. The first-order valence-corrected chi connectivity index (χ1v) is 11.2. The number of nitro groups is 1. The van der Waals surface area contributed by atoms with Gasteiger partial charge in [0.05, 0.1) is 23.0 Å². The molecule has 176 valence electrons. The molecule has 0 amide bonds. The minimum Gasteiger partial charge on any atom is -0.381 e. The first-order valence-electron chi connectivity index (χ1n) is 9.76. The van der Waals surface area contributed by atoms with Crippen molar-refractivity contribution in [2.24, 2.45) is 10.9 Å². The van der Waals surface area contributed by atoms with Gasteiger partial charge < -0.3 is 20.1 Å². The van der Waals surface area contributed by atoms with Gasteiger partial charge in [-0.15, -0.1) is 24.0 Å². The number of nitrogens with zero attached hydrogens (tertiary/aromatic N) is 2. The van der Waals surface area contributed by atoms with Gasteiger partial charge in [-0.25, -0.2) is 13.1 Å². The molecule has 3 N–H and O–H groups in total. The van der Waals surface area contributed by atoms with Crippen LogP contribution in [0.2, 0.25) is 0 Å². The van der Waals surface area contributed by atoms with Gasteiger partial charge in [-0.1, -0.05) is 6.07 Å². The summed E-state index contributed by atoms with van der Waals surface area (Å²) in [6.07, 6.45) is 1.87. The first kappa shape index (κ1) is 27.5. The molecule has 13 heteroatoms. The first-order chi connectivity index (χ1) is 14.4. The molecule has 0 aliphatic carbocycles. The lowest BCUT2D eigenvalue weighted by Gasteiger charge is -2.13. The SMILES string of the molecule is CN=C(NCCCOCC1CCOC1)NCCNS(=O)(=O)c1cccc([N+](=O)[O-])c1.I. The average molecular weight is 571 g/mol. The lowest BCUT2D eigenvalue weighted by Crippen LogP contribution is -2.42. The molecular weight excluding hydrogens is 541 g/mol. The summed E-state index contributed by atoms with van der Waals surface area (Å²) in [5, 5.41) is 16.9. The van der Waals surface area contributed by atoms with Crippen LogP contribution in [-0.4, -0.2) is 72.4 Å². The third-order valence-corrected chi connectivity index (χ3v) is 5.87.